The highest BCUT2D eigenvalue weighted by Gasteiger charge is 2.23. The van der Waals surface area contributed by atoms with Gasteiger partial charge in [0.25, 0.3) is 0 Å². The van der Waals surface area contributed by atoms with E-state index in [4.69, 9.17) is 4.74 Å². The minimum absolute atomic E-state index is 0.0693. The lowest BCUT2D eigenvalue weighted by molar-refractivity contribution is 0.0690. The molecule has 3 N–H and O–H groups in total. The zero-order chi connectivity index (χ0) is 20.1. The number of fused-ring (bicyclic) bond motifs is 4. The molecular formula is C22H15N3O4. The number of carbonyl (C=O) groups is 2. The maximum absolute atomic E-state index is 13.5. The third kappa shape index (κ3) is 2.55. The molecule has 0 fully saturated rings. The van der Waals surface area contributed by atoms with Crippen molar-refractivity contribution in [1.29, 1.82) is 0 Å². The number of aromatic nitrogens is 3. The third-order valence-corrected chi connectivity index (χ3v) is 5.06. The Morgan fingerprint density at radius 2 is 1.83 bits per heavy atom. The van der Waals surface area contributed by atoms with Crippen LogP contribution in [0.3, 0.4) is 0 Å². The molecule has 3 heterocycles. The normalized spacial score (nSPS) is 11.3. The number of methoxy groups -OCH3 is 1. The second-order valence-corrected chi connectivity index (χ2v) is 6.70. The number of aromatic amines is 2. The van der Waals surface area contributed by atoms with Crippen molar-refractivity contribution in [1.82, 2.24) is 15.0 Å². The van der Waals surface area contributed by atoms with Crippen LogP contribution in [0.2, 0.25) is 0 Å². The average Bonchev–Trinajstić information content (AvgIpc) is 3.33. The van der Waals surface area contributed by atoms with Crippen LogP contribution in [-0.2, 0) is 0 Å². The number of carboxylic acid groups (broad SMARTS) is 1. The molecule has 0 unspecified atom stereocenters. The summed E-state index contributed by atoms with van der Waals surface area (Å²) in [6, 6.07) is 14.4. The largest absolute Gasteiger partial charge is 0.497 e. The summed E-state index contributed by atoms with van der Waals surface area (Å²) >= 11 is 0. The topological polar surface area (TPSA) is 108 Å². The first-order chi connectivity index (χ1) is 14.1. The molecule has 0 aliphatic rings. The predicted molar refractivity (Wildman–Crippen MR) is 109 cm³/mol. The summed E-state index contributed by atoms with van der Waals surface area (Å²) in [4.78, 5) is 35.6. The van der Waals surface area contributed by atoms with Gasteiger partial charge in [0, 0.05) is 39.0 Å². The number of ether oxygens (including phenoxy) is 1. The van der Waals surface area contributed by atoms with Gasteiger partial charge < -0.3 is 19.8 Å². The first kappa shape index (κ1) is 17.0. The van der Waals surface area contributed by atoms with Crippen LogP contribution < -0.4 is 4.74 Å². The van der Waals surface area contributed by atoms with Crippen LogP contribution in [-0.4, -0.2) is 38.9 Å². The van der Waals surface area contributed by atoms with Crippen molar-refractivity contribution in [2.75, 3.05) is 7.11 Å². The summed E-state index contributed by atoms with van der Waals surface area (Å²) in [6.45, 7) is 0. The van der Waals surface area contributed by atoms with Gasteiger partial charge in [-0.1, -0.05) is 18.2 Å². The van der Waals surface area contributed by atoms with Crippen molar-refractivity contribution in [3.63, 3.8) is 0 Å². The molecule has 0 saturated carbocycles. The molecule has 0 aliphatic heterocycles. The average molecular weight is 385 g/mol. The fourth-order valence-electron chi connectivity index (χ4n) is 3.66. The number of hydrogen-bond donors (Lipinski definition) is 3. The molecule has 7 heteroatoms. The Hall–Kier alpha value is -4.13. The van der Waals surface area contributed by atoms with E-state index in [1.807, 2.05) is 30.3 Å². The predicted octanol–water partition coefficient (Wildman–Crippen LogP) is 4.14. The number of aromatic carboxylic acids is 1. The smallest absolute Gasteiger partial charge is 0.354 e. The minimum Gasteiger partial charge on any atom is -0.497 e. The van der Waals surface area contributed by atoms with Gasteiger partial charge in [-0.2, -0.15) is 0 Å². The lowest BCUT2D eigenvalue weighted by Crippen LogP contribution is -2.09. The van der Waals surface area contributed by atoms with Crippen LogP contribution in [0.1, 0.15) is 26.5 Å². The second-order valence-electron chi connectivity index (χ2n) is 6.70. The summed E-state index contributed by atoms with van der Waals surface area (Å²) < 4.78 is 5.27. The van der Waals surface area contributed by atoms with Crippen molar-refractivity contribution in [2.45, 2.75) is 0 Å². The molecular weight excluding hydrogens is 370 g/mol. The Bertz CT molecular complexity index is 1450. The first-order valence-electron chi connectivity index (χ1n) is 8.91. The molecule has 2 aromatic carbocycles. The van der Waals surface area contributed by atoms with Crippen LogP contribution in [0.25, 0.3) is 32.7 Å². The molecule has 0 saturated heterocycles. The number of nitrogens with zero attached hydrogens (tertiary/aromatic N) is 1. The van der Waals surface area contributed by atoms with Gasteiger partial charge in [-0.25, -0.2) is 9.78 Å². The van der Waals surface area contributed by atoms with Crippen molar-refractivity contribution in [2.24, 2.45) is 0 Å². The summed E-state index contributed by atoms with van der Waals surface area (Å²) in [5.74, 6) is -0.940. The van der Waals surface area contributed by atoms with E-state index in [1.165, 1.54) is 6.07 Å². The summed E-state index contributed by atoms with van der Waals surface area (Å²) in [5, 5.41) is 11.7. The molecule has 29 heavy (non-hydrogen) atoms. The maximum atomic E-state index is 13.5. The molecule has 0 amide bonds. The van der Waals surface area contributed by atoms with Gasteiger partial charge in [0.15, 0.2) is 0 Å². The van der Waals surface area contributed by atoms with E-state index in [9.17, 15) is 14.7 Å². The van der Waals surface area contributed by atoms with E-state index >= 15 is 0 Å². The SMILES string of the molecule is COc1ccc2[nH]cc(C(=O)c3nc(C(=O)O)cc4c3[nH]c3ccccc34)c2c1. The minimum atomic E-state index is -1.19. The Morgan fingerprint density at radius 3 is 2.62 bits per heavy atom. The van der Waals surface area contributed by atoms with E-state index in [0.29, 0.717) is 27.6 Å². The van der Waals surface area contributed by atoms with Crippen molar-refractivity contribution in [3.05, 3.63) is 71.7 Å². The highest BCUT2D eigenvalue weighted by Crippen LogP contribution is 2.31. The van der Waals surface area contributed by atoms with E-state index in [0.717, 1.165) is 16.4 Å². The standard InChI is InChI=1S/C22H15N3O4/c1-29-11-6-7-16-13(8-11)15(10-23-16)21(26)20-19-14(9-18(25-20)22(27)28)12-4-2-3-5-17(12)24-19/h2-10,23-24H,1H3,(H,27,28). The monoisotopic (exact) mass is 385 g/mol. The molecule has 0 spiro atoms. The van der Waals surface area contributed by atoms with Crippen molar-refractivity contribution < 1.29 is 19.4 Å². The Labute approximate surface area is 163 Å². The molecule has 0 aliphatic carbocycles. The second kappa shape index (κ2) is 6.20. The van der Waals surface area contributed by atoms with Crippen LogP contribution in [0, 0.1) is 0 Å². The number of hydrogen-bond acceptors (Lipinski definition) is 4. The Morgan fingerprint density at radius 1 is 1.00 bits per heavy atom. The molecule has 0 radical (unpaired) electrons. The number of pyridine rings is 1. The van der Waals surface area contributed by atoms with E-state index in [1.54, 1.807) is 25.4 Å². The number of carboxylic acids is 1. The summed E-state index contributed by atoms with van der Waals surface area (Å²) in [5.41, 5.74) is 2.38. The van der Waals surface area contributed by atoms with Gasteiger partial charge in [-0.3, -0.25) is 4.79 Å². The van der Waals surface area contributed by atoms with Crippen LogP contribution in [0.15, 0.2) is 54.7 Å². The number of benzene rings is 2. The fraction of sp³-hybridized carbons (Fsp3) is 0.0455. The number of H-pyrrole nitrogens is 2. The highest BCUT2D eigenvalue weighted by atomic mass is 16.5. The summed E-state index contributed by atoms with van der Waals surface area (Å²) in [7, 11) is 1.56. The van der Waals surface area contributed by atoms with Crippen LogP contribution >= 0.6 is 0 Å². The van der Waals surface area contributed by atoms with Crippen LogP contribution in [0.4, 0.5) is 0 Å². The number of carbonyl (C=O) groups excluding carboxylic acids is 1. The number of ketones is 1. The quantitative estimate of drug-likeness (QED) is 0.403. The molecule has 0 atom stereocenters. The molecule has 5 aromatic rings. The van der Waals surface area contributed by atoms with E-state index < -0.39 is 5.97 Å². The third-order valence-electron chi connectivity index (χ3n) is 5.06. The summed E-state index contributed by atoms with van der Waals surface area (Å²) in [6.07, 6.45) is 1.61. The fourth-order valence-corrected chi connectivity index (χ4v) is 3.66. The van der Waals surface area contributed by atoms with Crippen LogP contribution in [0.5, 0.6) is 5.75 Å². The first-order valence-corrected chi connectivity index (χ1v) is 8.91. The van der Waals surface area contributed by atoms with Crippen molar-refractivity contribution in [3.8, 4) is 5.75 Å². The zero-order valence-electron chi connectivity index (χ0n) is 15.3. The highest BCUT2D eigenvalue weighted by molar-refractivity contribution is 6.23. The number of rotatable bonds is 4. The Kier molecular flexibility index (Phi) is 3.64. The zero-order valence-corrected chi connectivity index (χ0v) is 15.3. The van der Waals surface area contributed by atoms with E-state index in [-0.39, 0.29) is 17.2 Å². The number of para-hydroxylation sites is 1. The maximum Gasteiger partial charge on any atom is 0.354 e. The van der Waals surface area contributed by atoms with Gasteiger partial charge >= 0.3 is 5.97 Å². The lowest BCUT2D eigenvalue weighted by atomic mass is 10.0. The van der Waals surface area contributed by atoms with Gasteiger partial charge in [0.2, 0.25) is 5.78 Å². The molecule has 5 rings (SSSR count). The molecule has 3 aromatic heterocycles. The lowest BCUT2D eigenvalue weighted by Gasteiger charge is -2.05. The Balaban J connectivity index is 1.80. The van der Waals surface area contributed by atoms with Gasteiger partial charge in [-0.15, -0.1) is 0 Å². The molecule has 7 nitrogen and oxygen atoms in total. The molecule has 142 valence electrons. The van der Waals surface area contributed by atoms with Gasteiger partial charge in [0.05, 0.1) is 12.6 Å². The molecule has 0 bridgehead atoms. The van der Waals surface area contributed by atoms with E-state index in [2.05, 4.69) is 15.0 Å². The number of nitrogens with one attached hydrogen (secondary N) is 2. The van der Waals surface area contributed by atoms with Crippen molar-refractivity contribution >= 4 is 44.5 Å². The van der Waals surface area contributed by atoms with Gasteiger partial charge in [-0.05, 0) is 30.3 Å². The van der Waals surface area contributed by atoms with Gasteiger partial charge in [0.1, 0.15) is 17.1 Å².